The van der Waals surface area contributed by atoms with E-state index in [0.29, 0.717) is 24.3 Å². The van der Waals surface area contributed by atoms with Crippen molar-refractivity contribution in [3.05, 3.63) is 64.0 Å². The fourth-order valence-electron chi connectivity index (χ4n) is 4.60. The molecule has 160 valence electrons. The van der Waals surface area contributed by atoms with Crippen LogP contribution < -0.4 is 4.90 Å². The third-order valence-corrected chi connectivity index (χ3v) is 6.31. The van der Waals surface area contributed by atoms with Gasteiger partial charge in [-0.3, -0.25) is 14.9 Å². The lowest BCUT2D eigenvalue weighted by Gasteiger charge is -2.30. The van der Waals surface area contributed by atoms with Crippen LogP contribution in [-0.4, -0.2) is 46.9 Å². The fraction of sp³-hybridized carbons (Fsp3) is 0.391. The molecule has 0 N–H and O–H groups in total. The summed E-state index contributed by atoms with van der Waals surface area (Å²) in [6.07, 6.45) is 3.58. The Morgan fingerprint density at radius 1 is 1.06 bits per heavy atom. The molecule has 0 spiro atoms. The second kappa shape index (κ2) is 8.02. The number of nitrogens with zero attached hydrogens (tertiary/aromatic N) is 4. The molecule has 2 aliphatic heterocycles. The zero-order valence-corrected chi connectivity index (χ0v) is 17.2. The lowest BCUT2D eigenvalue weighted by Crippen LogP contribution is -2.38. The molecule has 8 heteroatoms. The Bertz CT molecular complexity index is 1090. The summed E-state index contributed by atoms with van der Waals surface area (Å²) < 4.78 is 5.90. The van der Waals surface area contributed by atoms with Crippen LogP contribution in [0, 0.1) is 10.1 Å². The first kappa shape index (κ1) is 19.5. The van der Waals surface area contributed by atoms with Crippen molar-refractivity contribution in [2.45, 2.75) is 31.6 Å². The average Bonchev–Trinajstić information content (AvgIpc) is 3.48. The van der Waals surface area contributed by atoms with E-state index in [-0.39, 0.29) is 22.4 Å². The van der Waals surface area contributed by atoms with Gasteiger partial charge in [-0.2, -0.15) is 0 Å². The van der Waals surface area contributed by atoms with Crippen molar-refractivity contribution >= 4 is 28.4 Å². The molecule has 3 heterocycles. The number of hydrogen-bond donors (Lipinski definition) is 0. The predicted molar refractivity (Wildman–Crippen MR) is 116 cm³/mol. The number of hydrogen-bond acceptors (Lipinski definition) is 6. The summed E-state index contributed by atoms with van der Waals surface area (Å²) in [5, 5.41) is 11.6. The zero-order valence-electron chi connectivity index (χ0n) is 17.2. The van der Waals surface area contributed by atoms with Crippen molar-refractivity contribution in [3.63, 3.8) is 0 Å². The van der Waals surface area contributed by atoms with Gasteiger partial charge in [-0.15, -0.1) is 0 Å². The van der Waals surface area contributed by atoms with Crippen LogP contribution in [0.25, 0.3) is 11.1 Å². The van der Waals surface area contributed by atoms with Crippen LogP contribution in [0.3, 0.4) is 0 Å². The molecule has 1 amide bonds. The Labute approximate surface area is 179 Å². The molecule has 0 aliphatic carbocycles. The van der Waals surface area contributed by atoms with Crippen molar-refractivity contribution in [3.8, 4) is 0 Å². The summed E-state index contributed by atoms with van der Waals surface area (Å²) in [6, 6.07) is 12.6. The molecule has 2 aliphatic rings. The summed E-state index contributed by atoms with van der Waals surface area (Å²) in [4.78, 5) is 32.7. The SMILES string of the molecule is O=C(c1ccc(N2CCCC2)c([N+](=O)[O-])c1)N1CCC(c2nc3ccccc3o2)CC1. The van der Waals surface area contributed by atoms with Gasteiger partial charge < -0.3 is 14.2 Å². The van der Waals surface area contributed by atoms with Crippen molar-refractivity contribution < 1.29 is 14.1 Å². The van der Waals surface area contributed by atoms with Crippen LogP contribution in [0.2, 0.25) is 0 Å². The summed E-state index contributed by atoms with van der Waals surface area (Å²) in [5.41, 5.74) is 2.61. The molecule has 8 nitrogen and oxygen atoms in total. The van der Waals surface area contributed by atoms with Crippen LogP contribution in [0.5, 0.6) is 0 Å². The first-order valence-corrected chi connectivity index (χ1v) is 10.8. The van der Waals surface area contributed by atoms with Gasteiger partial charge in [0.2, 0.25) is 0 Å². The van der Waals surface area contributed by atoms with Crippen molar-refractivity contribution in [2.75, 3.05) is 31.1 Å². The Kier molecular flexibility index (Phi) is 5.05. The van der Waals surface area contributed by atoms with Crippen LogP contribution in [0.15, 0.2) is 46.9 Å². The number of nitro benzene ring substituents is 1. The zero-order chi connectivity index (χ0) is 21.4. The molecule has 2 aromatic carbocycles. The average molecular weight is 420 g/mol. The van der Waals surface area contributed by atoms with Gasteiger partial charge in [0.15, 0.2) is 11.5 Å². The molecule has 5 rings (SSSR count). The maximum atomic E-state index is 13.0. The van der Waals surface area contributed by atoms with Crippen LogP contribution in [0.1, 0.15) is 47.8 Å². The van der Waals surface area contributed by atoms with Gasteiger partial charge in [0.05, 0.1) is 4.92 Å². The van der Waals surface area contributed by atoms with Gasteiger partial charge >= 0.3 is 0 Å². The number of carbonyl (C=O) groups excluding carboxylic acids is 1. The molecule has 0 atom stereocenters. The highest BCUT2D eigenvalue weighted by molar-refractivity contribution is 5.96. The Morgan fingerprint density at radius 2 is 1.81 bits per heavy atom. The number of aromatic nitrogens is 1. The minimum absolute atomic E-state index is 0.00844. The maximum absolute atomic E-state index is 13.0. The second-order valence-corrected chi connectivity index (χ2v) is 8.24. The first-order chi connectivity index (χ1) is 15.1. The molecule has 0 unspecified atom stereocenters. The van der Waals surface area contributed by atoms with Gasteiger partial charge in [-0.1, -0.05) is 12.1 Å². The van der Waals surface area contributed by atoms with Crippen LogP contribution >= 0.6 is 0 Å². The lowest BCUT2D eigenvalue weighted by atomic mass is 9.96. The first-order valence-electron chi connectivity index (χ1n) is 10.8. The molecule has 1 aromatic heterocycles. The van der Waals surface area contributed by atoms with E-state index in [1.165, 1.54) is 6.07 Å². The quantitative estimate of drug-likeness (QED) is 0.460. The number of piperidine rings is 1. The molecular weight excluding hydrogens is 396 g/mol. The number of oxazole rings is 1. The van der Waals surface area contributed by atoms with E-state index in [4.69, 9.17) is 4.42 Å². The van der Waals surface area contributed by atoms with Crippen LogP contribution in [-0.2, 0) is 0 Å². The van der Waals surface area contributed by atoms with E-state index in [2.05, 4.69) is 4.98 Å². The van der Waals surface area contributed by atoms with E-state index in [1.54, 1.807) is 17.0 Å². The Balaban J connectivity index is 1.29. The second-order valence-electron chi connectivity index (χ2n) is 8.24. The molecule has 0 saturated carbocycles. The maximum Gasteiger partial charge on any atom is 0.293 e. The summed E-state index contributed by atoms with van der Waals surface area (Å²) in [6.45, 7) is 2.78. The standard InChI is InChI=1S/C23H24N4O4/c28-23(17-7-8-19(20(15-17)27(29)30)25-11-3-4-12-25)26-13-9-16(10-14-26)22-24-18-5-1-2-6-21(18)31-22/h1-2,5-8,15-16H,3-4,9-14H2. The number of nitro groups is 1. The van der Waals surface area contributed by atoms with E-state index in [0.717, 1.165) is 55.8 Å². The van der Waals surface area contributed by atoms with Gasteiger partial charge in [0.25, 0.3) is 11.6 Å². The van der Waals surface area contributed by atoms with Crippen molar-refractivity contribution in [1.82, 2.24) is 9.88 Å². The number of benzene rings is 2. The molecular formula is C23H24N4O4. The number of rotatable bonds is 4. The number of amides is 1. The van der Waals surface area contributed by atoms with Gasteiger partial charge in [0.1, 0.15) is 11.2 Å². The highest BCUT2D eigenvalue weighted by Gasteiger charge is 2.29. The predicted octanol–water partition coefficient (Wildman–Crippen LogP) is 4.36. The highest BCUT2D eigenvalue weighted by Crippen LogP contribution is 2.33. The topological polar surface area (TPSA) is 92.7 Å². The van der Waals surface area contributed by atoms with E-state index in [9.17, 15) is 14.9 Å². The molecule has 0 radical (unpaired) electrons. The molecule has 0 bridgehead atoms. The number of likely N-dealkylation sites (tertiary alicyclic amines) is 1. The van der Waals surface area contributed by atoms with Crippen molar-refractivity contribution in [1.29, 1.82) is 0 Å². The number of carbonyl (C=O) groups is 1. The fourth-order valence-corrected chi connectivity index (χ4v) is 4.60. The number of anilines is 1. The third kappa shape index (κ3) is 3.73. The van der Waals surface area contributed by atoms with Crippen molar-refractivity contribution in [2.24, 2.45) is 0 Å². The van der Waals surface area contributed by atoms with E-state index in [1.807, 2.05) is 29.2 Å². The minimum Gasteiger partial charge on any atom is -0.440 e. The molecule has 2 fully saturated rings. The lowest BCUT2D eigenvalue weighted by molar-refractivity contribution is -0.384. The summed E-state index contributed by atoms with van der Waals surface area (Å²) in [7, 11) is 0. The number of para-hydroxylation sites is 2. The summed E-state index contributed by atoms with van der Waals surface area (Å²) >= 11 is 0. The number of fused-ring (bicyclic) bond motifs is 1. The summed E-state index contributed by atoms with van der Waals surface area (Å²) in [5.74, 6) is 0.731. The molecule has 31 heavy (non-hydrogen) atoms. The highest BCUT2D eigenvalue weighted by atomic mass is 16.6. The van der Waals surface area contributed by atoms with E-state index >= 15 is 0 Å². The van der Waals surface area contributed by atoms with Gasteiger partial charge in [-0.05, 0) is 49.9 Å². The van der Waals surface area contributed by atoms with Gasteiger partial charge in [0, 0.05) is 43.7 Å². The Hall–Kier alpha value is -3.42. The largest absolute Gasteiger partial charge is 0.440 e. The minimum atomic E-state index is -0.385. The van der Waals surface area contributed by atoms with Gasteiger partial charge in [-0.25, -0.2) is 4.98 Å². The molecule has 2 saturated heterocycles. The third-order valence-electron chi connectivity index (χ3n) is 6.31. The van der Waals surface area contributed by atoms with E-state index < -0.39 is 0 Å². The Morgan fingerprint density at radius 3 is 2.52 bits per heavy atom. The van der Waals surface area contributed by atoms with Crippen LogP contribution in [0.4, 0.5) is 11.4 Å². The smallest absolute Gasteiger partial charge is 0.293 e. The monoisotopic (exact) mass is 420 g/mol. The normalized spacial score (nSPS) is 17.4. The molecule has 3 aromatic rings.